The molecule has 0 saturated heterocycles. The summed E-state index contributed by atoms with van der Waals surface area (Å²) in [6.45, 7) is 1.55. The molecule has 0 atom stereocenters. The molecule has 0 radical (unpaired) electrons. The lowest BCUT2D eigenvalue weighted by Crippen LogP contribution is -2.43. The predicted octanol–water partition coefficient (Wildman–Crippen LogP) is 2.51. The summed E-state index contributed by atoms with van der Waals surface area (Å²) in [7, 11) is 4.34. The van der Waals surface area contributed by atoms with Crippen LogP contribution in [0.3, 0.4) is 0 Å². The van der Waals surface area contributed by atoms with E-state index in [1.54, 1.807) is 18.2 Å². The quantitative estimate of drug-likeness (QED) is 0.683. The number of nitrogens with one attached hydrogen (secondary N) is 2. The van der Waals surface area contributed by atoms with Crippen molar-refractivity contribution in [3.63, 3.8) is 0 Å². The Kier molecular flexibility index (Phi) is 7.34. The van der Waals surface area contributed by atoms with Crippen molar-refractivity contribution in [1.29, 1.82) is 0 Å². The van der Waals surface area contributed by atoms with Crippen molar-refractivity contribution in [2.75, 3.05) is 27.9 Å². The summed E-state index contributed by atoms with van der Waals surface area (Å²) in [5.41, 5.74) is 5.62. The van der Waals surface area contributed by atoms with Crippen LogP contribution in [0.2, 0.25) is 5.02 Å². The van der Waals surface area contributed by atoms with Crippen molar-refractivity contribution in [3.05, 3.63) is 46.5 Å². The maximum atomic E-state index is 12.3. The molecular formula is C19H21ClN2O6. The lowest BCUT2D eigenvalue weighted by atomic mass is 10.1. The minimum atomic E-state index is -0.560. The van der Waals surface area contributed by atoms with Gasteiger partial charge in [-0.15, -0.1) is 0 Å². The Morgan fingerprint density at radius 1 is 0.964 bits per heavy atom. The fraction of sp³-hybridized carbons (Fsp3) is 0.263. The largest absolute Gasteiger partial charge is 0.493 e. The van der Waals surface area contributed by atoms with Gasteiger partial charge in [0, 0.05) is 10.6 Å². The van der Waals surface area contributed by atoms with Gasteiger partial charge in [-0.3, -0.25) is 20.4 Å². The summed E-state index contributed by atoms with van der Waals surface area (Å²) in [4.78, 5) is 24.2. The van der Waals surface area contributed by atoms with E-state index in [1.807, 2.05) is 6.92 Å². The van der Waals surface area contributed by atoms with Gasteiger partial charge in [-0.25, -0.2) is 0 Å². The number of ether oxygens (including phenoxy) is 4. The molecule has 8 nitrogen and oxygen atoms in total. The third-order valence-electron chi connectivity index (χ3n) is 3.74. The summed E-state index contributed by atoms with van der Waals surface area (Å²) in [6.07, 6.45) is 0. The molecule has 2 amide bonds. The van der Waals surface area contributed by atoms with Crippen LogP contribution in [0.15, 0.2) is 30.3 Å². The topological polar surface area (TPSA) is 95.1 Å². The number of carbonyl (C=O) groups excluding carboxylic acids is 2. The number of amides is 2. The maximum Gasteiger partial charge on any atom is 0.276 e. The minimum Gasteiger partial charge on any atom is -0.493 e. The Morgan fingerprint density at radius 3 is 2.14 bits per heavy atom. The monoisotopic (exact) mass is 408 g/mol. The second kappa shape index (κ2) is 9.70. The van der Waals surface area contributed by atoms with E-state index in [1.165, 1.54) is 33.5 Å². The fourth-order valence-corrected chi connectivity index (χ4v) is 2.42. The van der Waals surface area contributed by atoms with Gasteiger partial charge >= 0.3 is 0 Å². The highest BCUT2D eigenvalue weighted by molar-refractivity contribution is 6.31. The first kappa shape index (κ1) is 21.2. The third-order valence-corrected chi connectivity index (χ3v) is 4.17. The summed E-state index contributed by atoms with van der Waals surface area (Å²) >= 11 is 5.94. The molecule has 28 heavy (non-hydrogen) atoms. The van der Waals surface area contributed by atoms with Gasteiger partial charge in [0.15, 0.2) is 18.1 Å². The zero-order chi connectivity index (χ0) is 20.7. The average Bonchev–Trinajstić information content (AvgIpc) is 2.71. The Labute approximate surface area is 167 Å². The number of carbonyl (C=O) groups is 2. The summed E-state index contributed by atoms with van der Waals surface area (Å²) in [6, 6.07) is 7.98. The highest BCUT2D eigenvalue weighted by Gasteiger charge is 2.17. The number of methoxy groups -OCH3 is 3. The van der Waals surface area contributed by atoms with Crippen molar-refractivity contribution in [2.45, 2.75) is 6.92 Å². The fourth-order valence-electron chi connectivity index (χ4n) is 2.30. The normalized spacial score (nSPS) is 10.0. The minimum absolute atomic E-state index is 0.212. The van der Waals surface area contributed by atoms with Crippen LogP contribution in [-0.4, -0.2) is 39.8 Å². The van der Waals surface area contributed by atoms with Crippen LogP contribution in [0.25, 0.3) is 0 Å². The average molecular weight is 409 g/mol. The molecule has 0 aliphatic heterocycles. The lowest BCUT2D eigenvalue weighted by Gasteiger charge is -2.14. The van der Waals surface area contributed by atoms with Gasteiger partial charge in [-0.1, -0.05) is 11.6 Å². The molecule has 0 unspecified atom stereocenters. The van der Waals surface area contributed by atoms with Crippen molar-refractivity contribution >= 4 is 23.4 Å². The number of hydrazine groups is 1. The van der Waals surface area contributed by atoms with Gasteiger partial charge in [-0.2, -0.15) is 0 Å². The molecule has 0 heterocycles. The van der Waals surface area contributed by atoms with Crippen LogP contribution in [-0.2, 0) is 4.79 Å². The van der Waals surface area contributed by atoms with E-state index in [4.69, 9.17) is 30.5 Å². The van der Waals surface area contributed by atoms with Crippen LogP contribution in [0.5, 0.6) is 23.0 Å². The molecule has 0 fully saturated rings. The summed E-state index contributed by atoms with van der Waals surface area (Å²) in [5, 5.41) is 0.606. The molecular weight excluding hydrogens is 388 g/mol. The third kappa shape index (κ3) is 5.20. The van der Waals surface area contributed by atoms with Crippen molar-refractivity contribution in [3.8, 4) is 23.0 Å². The molecule has 2 aromatic carbocycles. The maximum absolute atomic E-state index is 12.3. The second-order valence-corrected chi connectivity index (χ2v) is 6.02. The molecule has 0 spiro atoms. The first-order valence-electron chi connectivity index (χ1n) is 8.17. The highest BCUT2D eigenvalue weighted by atomic mass is 35.5. The number of benzene rings is 2. The number of hydrogen-bond acceptors (Lipinski definition) is 6. The van der Waals surface area contributed by atoms with Crippen LogP contribution in [0.1, 0.15) is 15.9 Å². The molecule has 0 bridgehead atoms. The van der Waals surface area contributed by atoms with Gasteiger partial charge in [-0.05, 0) is 42.8 Å². The molecule has 0 saturated carbocycles. The zero-order valence-corrected chi connectivity index (χ0v) is 16.7. The van der Waals surface area contributed by atoms with Crippen molar-refractivity contribution in [1.82, 2.24) is 10.9 Å². The standard InChI is InChI=1S/C19H21ClN2O6/c1-11-7-13(5-6-14(11)20)28-10-17(23)21-22-19(24)12-8-15(25-2)18(27-4)16(9-12)26-3/h5-9H,10H2,1-4H3,(H,21,23)(H,22,24). The lowest BCUT2D eigenvalue weighted by molar-refractivity contribution is -0.123. The van der Waals surface area contributed by atoms with Gasteiger partial charge in [0.05, 0.1) is 21.3 Å². The van der Waals surface area contributed by atoms with E-state index in [2.05, 4.69) is 10.9 Å². The molecule has 2 rings (SSSR count). The Balaban J connectivity index is 1.95. The van der Waals surface area contributed by atoms with E-state index in [0.717, 1.165) is 5.56 Å². The van der Waals surface area contributed by atoms with E-state index in [9.17, 15) is 9.59 Å². The highest BCUT2D eigenvalue weighted by Crippen LogP contribution is 2.38. The van der Waals surface area contributed by atoms with Crippen LogP contribution in [0, 0.1) is 6.92 Å². The molecule has 2 aromatic rings. The summed E-state index contributed by atoms with van der Waals surface area (Å²) in [5.74, 6) is 0.396. The van der Waals surface area contributed by atoms with Crippen LogP contribution >= 0.6 is 11.6 Å². The van der Waals surface area contributed by atoms with Crippen molar-refractivity contribution < 1.29 is 28.5 Å². The number of aryl methyl sites for hydroxylation is 1. The number of halogens is 1. The number of hydrogen-bond donors (Lipinski definition) is 2. The smallest absolute Gasteiger partial charge is 0.276 e. The van der Waals surface area contributed by atoms with Gasteiger partial charge in [0.25, 0.3) is 11.8 Å². The van der Waals surface area contributed by atoms with E-state index in [-0.39, 0.29) is 12.2 Å². The molecule has 9 heteroatoms. The number of rotatable bonds is 7. The van der Waals surface area contributed by atoms with E-state index >= 15 is 0 Å². The predicted molar refractivity (Wildman–Crippen MR) is 103 cm³/mol. The summed E-state index contributed by atoms with van der Waals surface area (Å²) < 4.78 is 21.0. The molecule has 0 aliphatic carbocycles. The first-order chi connectivity index (χ1) is 13.4. The Hall–Kier alpha value is -3.13. The molecule has 2 N–H and O–H groups in total. The Morgan fingerprint density at radius 2 is 1.61 bits per heavy atom. The van der Waals surface area contributed by atoms with Gasteiger partial charge < -0.3 is 18.9 Å². The molecule has 0 aliphatic rings. The zero-order valence-electron chi connectivity index (χ0n) is 15.9. The van der Waals surface area contributed by atoms with Gasteiger partial charge in [0.2, 0.25) is 5.75 Å². The van der Waals surface area contributed by atoms with Gasteiger partial charge in [0.1, 0.15) is 5.75 Å². The second-order valence-electron chi connectivity index (χ2n) is 5.62. The molecule has 150 valence electrons. The van der Waals surface area contributed by atoms with Crippen molar-refractivity contribution in [2.24, 2.45) is 0 Å². The van der Waals surface area contributed by atoms with Crippen LogP contribution in [0.4, 0.5) is 0 Å². The van der Waals surface area contributed by atoms with Crippen LogP contribution < -0.4 is 29.8 Å². The molecule has 0 aromatic heterocycles. The SMILES string of the molecule is COc1cc(C(=O)NNC(=O)COc2ccc(Cl)c(C)c2)cc(OC)c1OC. The first-order valence-corrected chi connectivity index (χ1v) is 8.55. The Bertz CT molecular complexity index is 846. The van der Waals surface area contributed by atoms with E-state index < -0.39 is 11.8 Å². The van der Waals surface area contributed by atoms with E-state index in [0.29, 0.717) is 28.0 Å².